The summed E-state index contributed by atoms with van der Waals surface area (Å²) in [5, 5.41) is 8.02. The Labute approximate surface area is 143 Å². The second-order valence-electron chi connectivity index (χ2n) is 5.24. The van der Waals surface area contributed by atoms with Crippen LogP contribution in [0.3, 0.4) is 0 Å². The third-order valence-corrected chi connectivity index (χ3v) is 6.05. The summed E-state index contributed by atoms with van der Waals surface area (Å²) in [5.41, 5.74) is 0.445. The van der Waals surface area contributed by atoms with Gasteiger partial charge in [0.25, 0.3) is 0 Å². The largest absolute Gasteiger partial charge is 0.333 e. The minimum absolute atomic E-state index is 0.0229. The number of hydrogen-bond donors (Lipinski definition) is 0. The molecule has 0 amide bonds. The van der Waals surface area contributed by atoms with Gasteiger partial charge in [0.2, 0.25) is 10.0 Å². The topological polar surface area (TPSA) is 73.0 Å². The lowest BCUT2D eigenvalue weighted by Crippen LogP contribution is -2.28. The lowest BCUT2D eigenvalue weighted by atomic mass is 10.4. The van der Waals surface area contributed by atoms with Crippen molar-refractivity contribution in [1.29, 1.82) is 0 Å². The number of halogens is 3. The van der Waals surface area contributed by atoms with Crippen LogP contribution in [0.1, 0.15) is 30.6 Å². The van der Waals surface area contributed by atoms with E-state index in [-0.39, 0.29) is 22.8 Å². The predicted molar refractivity (Wildman–Crippen MR) is 84.5 cm³/mol. The summed E-state index contributed by atoms with van der Waals surface area (Å²) in [6.07, 6.45) is 1.44. The summed E-state index contributed by atoms with van der Waals surface area (Å²) in [4.78, 5) is -0.219. The zero-order valence-corrected chi connectivity index (χ0v) is 15.2. The summed E-state index contributed by atoms with van der Waals surface area (Å²) in [5.74, 6) is 0. The van der Waals surface area contributed by atoms with E-state index in [1.807, 2.05) is 6.92 Å². The van der Waals surface area contributed by atoms with E-state index in [2.05, 4.69) is 10.2 Å². The molecular formula is C13H18ClF2N5O2S. The molecule has 0 spiro atoms. The van der Waals surface area contributed by atoms with E-state index in [1.54, 1.807) is 4.68 Å². The van der Waals surface area contributed by atoms with Gasteiger partial charge >= 0.3 is 6.55 Å². The molecule has 0 aliphatic carbocycles. The van der Waals surface area contributed by atoms with Gasteiger partial charge in [-0.2, -0.15) is 23.3 Å². The maximum Gasteiger partial charge on any atom is 0.333 e. The molecule has 134 valence electrons. The number of hydrogen-bond acceptors (Lipinski definition) is 4. The first kappa shape index (κ1) is 18.8. The number of rotatable bonds is 6. The van der Waals surface area contributed by atoms with E-state index in [0.717, 1.165) is 4.31 Å². The summed E-state index contributed by atoms with van der Waals surface area (Å²) < 4.78 is 54.5. The highest BCUT2D eigenvalue weighted by Crippen LogP contribution is 2.27. The fourth-order valence-electron chi connectivity index (χ4n) is 2.48. The zero-order valence-electron chi connectivity index (χ0n) is 13.7. The van der Waals surface area contributed by atoms with Crippen molar-refractivity contribution in [3.8, 4) is 0 Å². The fourth-order valence-corrected chi connectivity index (χ4v) is 4.17. The van der Waals surface area contributed by atoms with Gasteiger partial charge in [0.1, 0.15) is 4.90 Å². The Morgan fingerprint density at radius 1 is 1.38 bits per heavy atom. The van der Waals surface area contributed by atoms with Crippen LogP contribution in [0.2, 0.25) is 5.02 Å². The second-order valence-corrected chi connectivity index (χ2v) is 7.63. The highest BCUT2D eigenvalue weighted by atomic mass is 35.5. The average molecular weight is 382 g/mol. The molecule has 0 atom stereocenters. The molecule has 2 heterocycles. The van der Waals surface area contributed by atoms with Gasteiger partial charge in [-0.25, -0.2) is 13.1 Å². The van der Waals surface area contributed by atoms with Crippen LogP contribution in [-0.4, -0.2) is 39.3 Å². The van der Waals surface area contributed by atoms with Crippen molar-refractivity contribution in [2.24, 2.45) is 0 Å². The van der Waals surface area contributed by atoms with Gasteiger partial charge in [-0.1, -0.05) is 11.6 Å². The standard InChI is InChI=1S/C13H18ClF2N5O2S/c1-5-20-11(10(14)6-17-20)7-19(4)24(22,23)12-8(2)18-21(9(12)3)13(15)16/h6,13H,5,7H2,1-4H3. The molecule has 0 saturated carbocycles. The maximum atomic E-state index is 12.9. The molecule has 0 radical (unpaired) electrons. The van der Waals surface area contributed by atoms with Crippen LogP contribution >= 0.6 is 11.6 Å². The van der Waals surface area contributed by atoms with Crippen LogP contribution in [0, 0.1) is 13.8 Å². The van der Waals surface area contributed by atoms with Crippen LogP contribution in [0.4, 0.5) is 8.78 Å². The molecule has 0 unspecified atom stereocenters. The first-order valence-corrected chi connectivity index (χ1v) is 8.93. The van der Waals surface area contributed by atoms with Crippen LogP contribution in [0.15, 0.2) is 11.1 Å². The minimum Gasteiger partial charge on any atom is -0.267 e. The molecule has 2 aromatic heterocycles. The van der Waals surface area contributed by atoms with E-state index in [1.165, 1.54) is 27.1 Å². The first-order chi connectivity index (χ1) is 11.1. The minimum atomic E-state index is -4.01. The van der Waals surface area contributed by atoms with Gasteiger partial charge < -0.3 is 0 Å². The number of aryl methyl sites for hydroxylation is 2. The highest BCUT2D eigenvalue weighted by Gasteiger charge is 2.31. The van der Waals surface area contributed by atoms with E-state index in [0.29, 0.717) is 21.9 Å². The van der Waals surface area contributed by atoms with Crippen molar-refractivity contribution in [2.45, 2.75) is 45.3 Å². The van der Waals surface area contributed by atoms with Gasteiger partial charge in [0.05, 0.1) is 34.8 Å². The first-order valence-electron chi connectivity index (χ1n) is 7.11. The molecule has 7 nitrogen and oxygen atoms in total. The average Bonchev–Trinajstić information content (AvgIpc) is 2.99. The molecule has 11 heteroatoms. The van der Waals surface area contributed by atoms with Crippen molar-refractivity contribution in [3.05, 3.63) is 28.3 Å². The summed E-state index contributed by atoms with van der Waals surface area (Å²) in [7, 11) is -2.66. The lowest BCUT2D eigenvalue weighted by Gasteiger charge is -2.18. The smallest absolute Gasteiger partial charge is 0.267 e. The van der Waals surface area contributed by atoms with Gasteiger partial charge in [-0.3, -0.25) is 4.68 Å². The Morgan fingerprint density at radius 2 is 2.00 bits per heavy atom. The normalized spacial score (nSPS) is 12.5. The third-order valence-electron chi connectivity index (χ3n) is 3.68. The van der Waals surface area contributed by atoms with Crippen LogP contribution in [0.25, 0.3) is 0 Å². The van der Waals surface area contributed by atoms with E-state index < -0.39 is 16.6 Å². The molecule has 0 fully saturated rings. The number of nitrogens with zero attached hydrogens (tertiary/aromatic N) is 5. The molecule has 0 bridgehead atoms. The third kappa shape index (κ3) is 3.17. The number of alkyl halides is 2. The molecule has 0 N–H and O–H groups in total. The van der Waals surface area contributed by atoms with Gasteiger partial charge in [0.15, 0.2) is 0 Å². The van der Waals surface area contributed by atoms with Gasteiger partial charge in [-0.15, -0.1) is 0 Å². The Kier molecular flexibility index (Phi) is 5.31. The summed E-state index contributed by atoms with van der Waals surface area (Å²) in [6, 6.07) is 0. The molecule has 0 aliphatic rings. The Hall–Kier alpha value is -1.52. The fraction of sp³-hybridized carbons (Fsp3) is 0.538. The Bertz CT molecular complexity index is 847. The zero-order chi connectivity index (χ0) is 18.2. The van der Waals surface area contributed by atoms with Crippen molar-refractivity contribution in [2.75, 3.05) is 7.05 Å². The lowest BCUT2D eigenvalue weighted by molar-refractivity contribution is 0.0538. The molecule has 2 aromatic rings. The van der Waals surface area contributed by atoms with Crippen molar-refractivity contribution >= 4 is 21.6 Å². The second kappa shape index (κ2) is 6.77. The molecule has 0 aliphatic heterocycles. The Morgan fingerprint density at radius 3 is 2.50 bits per heavy atom. The quantitative estimate of drug-likeness (QED) is 0.770. The molecule has 2 rings (SSSR count). The van der Waals surface area contributed by atoms with Crippen molar-refractivity contribution in [3.63, 3.8) is 0 Å². The number of aromatic nitrogens is 4. The van der Waals surface area contributed by atoms with Crippen molar-refractivity contribution < 1.29 is 17.2 Å². The maximum absolute atomic E-state index is 12.9. The van der Waals surface area contributed by atoms with E-state index in [9.17, 15) is 17.2 Å². The SMILES string of the molecule is CCn1ncc(Cl)c1CN(C)S(=O)(=O)c1c(C)nn(C(F)F)c1C. The van der Waals surface area contributed by atoms with Crippen LogP contribution in [-0.2, 0) is 23.1 Å². The highest BCUT2D eigenvalue weighted by molar-refractivity contribution is 7.89. The molecular weight excluding hydrogens is 364 g/mol. The van der Waals surface area contributed by atoms with E-state index in [4.69, 9.17) is 11.6 Å². The van der Waals surface area contributed by atoms with E-state index >= 15 is 0 Å². The molecule has 0 saturated heterocycles. The van der Waals surface area contributed by atoms with Gasteiger partial charge in [0, 0.05) is 13.6 Å². The van der Waals surface area contributed by atoms with Crippen molar-refractivity contribution in [1.82, 2.24) is 23.9 Å². The molecule has 24 heavy (non-hydrogen) atoms. The predicted octanol–water partition coefficient (Wildman–Crippen LogP) is 2.59. The van der Waals surface area contributed by atoms with Crippen LogP contribution in [0.5, 0.6) is 0 Å². The Balaban J connectivity index is 2.42. The molecule has 0 aromatic carbocycles. The summed E-state index contributed by atoms with van der Waals surface area (Å²) >= 11 is 6.05. The summed E-state index contributed by atoms with van der Waals surface area (Å²) in [6.45, 7) is 2.12. The van der Waals surface area contributed by atoms with Gasteiger partial charge in [-0.05, 0) is 20.8 Å². The number of sulfonamides is 1. The van der Waals surface area contributed by atoms with Crippen LogP contribution < -0.4 is 0 Å². The monoisotopic (exact) mass is 381 g/mol.